The molecule has 0 saturated carbocycles. The van der Waals surface area contributed by atoms with Gasteiger partial charge in [0.1, 0.15) is 5.56 Å². The third-order valence-electron chi connectivity index (χ3n) is 3.34. The normalized spacial score (nSPS) is 14.8. The van der Waals surface area contributed by atoms with Gasteiger partial charge in [0.25, 0.3) is 5.56 Å². The first-order valence-corrected chi connectivity index (χ1v) is 6.03. The molecule has 1 heterocycles. The Hall–Kier alpha value is -1.58. The Morgan fingerprint density at radius 3 is 2.53 bits per heavy atom. The molecule has 0 fully saturated rings. The maximum absolute atomic E-state index is 11.8. The van der Waals surface area contributed by atoms with E-state index in [2.05, 4.69) is 4.98 Å². The maximum atomic E-state index is 11.8. The van der Waals surface area contributed by atoms with Crippen LogP contribution in [-0.4, -0.2) is 16.1 Å². The highest BCUT2D eigenvalue weighted by atomic mass is 16.4. The lowest BCUT2D eigenvalue weighted by atomic mass is 9.85. The van der Waals surface area contributed by atoms with Gasteiger partial charge in [-0.05, 0) is 42.7 Å². The van der Waals surface area contributed by atoms with Crippen molar-refractivity contribution in [3.63, 3.8) is 0 Å². The Morgan fingerprint density at radius 1 is 1.29 bits per heavy atom. The molecular formula is C13H17NO3. The number of aryl methyl sites for hydroxylation is 1. The van der Waals surface area contributed by atoms with E-state index in [1.54, 1.807) is 0 Å². The van der Waals surface area contributed by atoms with Crippen molar-refractivity contribution < 1.29 is 9.90 Å². The van der Waals surface area contributed by atoms with Gasteiger partial charge >= 0.3 is 5.97 Å². The fraction of sp³-hybridized carbons (Fsp3) is 0.538. The third kappa shape index (κ3) is 1.99. The molecule has 0 spiro atoms. The minimum atomic E-state index is -1.12. The Morgan fingerprint density at radius 2 is 1.94 bits per heavy atom. The number of H-pyrrole nitrogens is 1. The average Bonchev–Trinajstić information content (AvgIpc) is 2.26. The highest BCUT2D eigenvalue weighted by molar-refractivity contribution is 5.89. The zero-order valence-corrected chi connectivity index (χ0v) is 10.2. The summed E-state index contributed by atoms with van der Waals surface area (Å²) in [5, 5.41) is 9.18. The Bertz CT molecular complexity index is 514. The fourth-order valence-corrected chi connectivity index (χ4v) is 2.66. The number of carbonyl (C=O) groups is 1. The lowest BCUT2D eigenvalue weighted by molar-refractivity contribution is 0.0693. The molecule has 0 amide bonds. The molecule has 4 heteroatoms. The van der Waals surface area contributed by atoms with Gasteiger partial charge in [0.15, 0.2) is 0 Å². The van der Waals surface area contributed by atoms with Crippen LogP contribution in [0.2, 0.25) is 0 Å². The second kappa shape index (κ2) is 4.35. The van der Waals surface area contributed by atoms with E-state index in [4.69, 9.17) is 0 Å². The van der Waals surface area contributed by atoms with Crippen molar-refractivity contribution in [3.05, 3.63) is 32.7 Å². The van der Waals surface area contributed by atoms with Crippen LogP contribution < -0.4 is 5.56 Å². The number of hydrogen-bond acceptors (Lipinski definition) is 2. The first-order chi connectivity index (χ1) is 8.02. The Labute approximate surface area is 99.7 Å². The summed E-state index contributed by atoms with van der Waals surface area (Å²) in [6.45, 7) is 3.88. The van der Waals surface area contributed by atoms with Crippen LogP contribution in [0.1, 0.15) is 59.8 Å². The zero-order chi connectivity index (χ0) is 12.6. The smallest absolute Gasteiger partial charge is 0.341 e. The summed E-state index contributed by atoms with van der Waals surface area (Å²) in [5.74, 6) is -1.06. The standard InChI is InChI=1S/C13H17NO3/c1-7(2)10-8-5-3-4-6-9(8)14-12(15)11(10)13(16)17/h7H,3-6H2,1-2H3,(H,14,15)(H,16,17). The summed E-state index contributed by atoms with van der Waals surface area (Å²) < 4.78 is 0. The molecule has 0 bridgehead atoms. The van der Waals surface area contributed by atoms with Crippen molar-refractivity contribution in [2.75, 3.05) is 0 Å². The van der Waals surface area contributed by atoms with Gasteiger partial charge < -0.3 is 10.1 Å². The molecule has 1 aliphatic rings. The minimum Gasteiger partial charge on any atom is -0.477 e. The molecule has 0 unspecified atom stereocenters. The Balaban J connectivity index is 2.76. The molecule has 0 saturated heterocycles. The van der Waals surface area contributed by atoms with Crippen LogP contribution in [0, 0.1) is 0 Å². The van der Waals surface area contributed by atoms with E-state index in [1.165, 1.54) is 0 Å². The van der Waals surface area contributed by atoms with Crippen LogP contribution in [0.4, 0.5) is 0 Å². The maximum Gasteiger partial charge on any atom is 0.341 e. The number of carboxylic acid groups (broad SMARTS) is 1. The number of rotatable bonds is 2. The minimum absolute atomic E-state index is 0.0650. The van der Waals surface area contributed by atoms with E-state index in [0.717, 1.165) is 42.5 Å². The van der Waals surface area contributed by atoms with Crippen LogP contribution in [0.15, 0.2) is 4.79 Å². The second-order valence-corrected chi connectivity index (χ2v) is 4.87. The summed E-state index contributed by atoms with van der Waals surface area (Å²) >= 11 is 0. The summed E-state index contributed by atoms with van der Waals surface area (Å²) in [4.78, 5) is 25.8. The molecule has 2 N–H and O–H groups in total. The predicted octanol–water partition coefficient (Wildman–Crippen LogP) is 2.08. The molecule has 1 aliphatic carbocycles. The molecular weight excluding hydrogens is 218 g/mol. The van der Waals surface area contributed by atoms with Crippen molar-refractivity contribution >= 4 is 5.97 Å². The van der Waals surface area contributed by atoms with E-state index < -0.39 is 11.5 Å². The zero-order valence-electron chi connectivity index (χ0n) is 10.2. The van der Waals surface area contributed by atoms with Crippen LogP contribution in [-0.2, 0) is 12.8 Å². The average molecular weight is 235 g/mol. The molecule has 0 atom stereocenters. The SMILES string of the molecule is CC(C)c1c2c([nH]c(=O)c1C(=O)O)CCCC2. The lowest BCUT2D eigenvalue weighted by Gasteiger charge is -2.22. The number of fused-ring (bicyclic) bond motifs is 1. The fourth-order valence-electron chi connectivity index (χ4n) is 2.66. The molecule has 1 aromatic rings. The summed E-state index contributed by atoms with van der Waals surface area (Å²) in [5.41, 5.74) is 2.21. The summed E-state index contributed by atoms with van der Waals surface area (Å²) in [6, 6.07) is 0. The highest BCUT2D eigenvalue weighted by Gasteiger charge is 2.25. The van der Waals surface area contributed by atoms with Crippen molar-refractivity contribution in [1.29, 1.82) is 0 Å². The highest BCUT2D eigenvalue weighted by Crippen LogP contribution is 2.28. The molecule has 1 aromatic heterocycles. The third-order valence-corrected chi connectivity index (χ3v) is 3.34. The first kappa shape index (κ1) is 11.9. The molecule has 17 heavy (non-hydrogen) atoms. The van der Waals surface area contributed by atoms with E-state index in [1.807, 2.05) is 13.8 Å². The van der Waals surface area contributed by atoms with E-state index in [-0.39, 0.29) is 11.5 Å². The molecule has 4 nitrogen and oxygen atoms in total. The van der Waals surface area contributed by atoms with Crippen LogP contribution in [0.5, 0.6) is 0 Å². The number of aromatic carboxylic acids is 1. The first-order valence-electron chi connectivity index (χ1n) is 6.03. The largest absolute Gasteiger partial charge is 0.477 e. The van der Waals surface area contributed by atoms with Gasteiger partial charge in [0.05, 0.1) is 0 Å². The predicted molar refractivity (Wildman–Crippen MR) is 64.8 cm³/mol. The van der Waals surface area contributed by atoms with E-state index in [0.29, 0.717) is 0 Å². The van der Waals surface area contributed by atoms with Gasteiger partial charge in [-0.1, -0.05) is 13.8 Å². The van der Waals surface area contributed by atoms with Gasteiger partial charge in [-0.25, -0.2) is 4.79 Å². The van der Waals surface area contributed by atoms with Gasteiger partial charge in [-0.2, -0.15) is 0 Å². The van der Waals surface area contributed by atoms with Gasteiger partial charge in [0, 0.05) is 5.69 Å². The number of aromatic amines is 1. The van der Waals surface area contributed by atoms with Crippen LogP contribution >= 0.6 is 0 Å². The van der Waals surface area contributed by atoms with E-state index in [9.17, 15) is 14.7 Å². The molecule has 0 radical (unpaired) electrons. The van der Waals surface area contributed by atoms with E-state index >= 15 is 0 Å². The number of aromatic nitrogens is 1. The van der Waals surface area contributed by atoms with Gasteiger partial charge in [-0.3, -0.25) is 4.79 Å². The van der Waals surface area contributed by atoms with Crippen molar-refractivity contribution in [1.82, 2.24) is 4.98 Å². The number of nitrogens with one attached hydrogen (secondary N) is 1. The lowest BCUT2D eigenvalue weighted by Crippen LogP contribution is -2.26. The van der Waals surface area contributed by atoms with Crippen molar-refractivity contribution in [2.45, 2.75) is 45.4 Å². The molecule has 0 aliphatic heterocycles. The number of hydrogen-bond donors (Lipinski definition) is 2. The Kier molecular flexibility index (Phi) is 3.05. The molecule has 2 rings (SSSR count). The molecule has 0 aromatic carbocycles. The topological polar surface area (TPSA) is 70.2 Å². The number of carboxylic acids is 1. The second-order valence-electron chi connectivity index (χ2n) is 4.87. The van der Waals surface area contributed by atoms with Gasteiger partial charge in [-0.15, -0.1) is 0 Å². The van der Waals surface area contributed by atoms with Gasteiger partial charge in [0.2, 0.25) is 0 Å². The summed E-state index contributed by atoms with van der Waals surface area (Å²) in [7, 11) is 0. The quantitative estimate of drug-likeness (QED) is 0.824. The summed E-state index contributed by atoms with van der Waals surface area (Å²) in [6.07, 6.45) is 3.86. The van der Waals surface area contributed by atoms with Crippen molar-refractivity contribution in [2.24, 2.45) is 0 Å². The van der Waals surface area contributed by atoms with Crippen molar-refractivity contribution in [3.8, 4) is 0 Å². The monoisotopic (exact) mass is 235 g/mol. The molecule has 92 valence electrons. The van der Waals surface area contributed by atoms with Crippen LogP contribution in [0.25, 0.3) is 0 Å². The number of pyridine rings is 1. The van der Waals surface area contributed by atoms with Crippen LogP contribution in [0.3, 0.4) is 0 Å².